The highest BCUT2D eigenvalue weighted by atomic mass is 16.2. The number of rotatable bonds is 5. The molecule has 100 valence electrons. The number of nitrogen functional groups attached to an aromatic ring is 1. The largest absolute Gasteiger partial charge is 0.395 e. The highest BCUT2D eigenvalue weighted by molar-refractivity contribution is 5.97. The number of nitrogens with two attached hydrogens (primary N) is 1. The van der Waals surface area contributed by atoms with Crippen molar-refractivity contribution in [1.82, 2.24) is 15.1 Å². The number of aromatic nitrogens is 2. The molecule has 1 saturated carbocycles. The second-order valence-electron chi connectivity index (χ2n) is 5.34. The van der Waals surface area contributed by atoms with Gasteiger partial charge in [-0.3, -0.25) is 9.89 Å². The van der Waals surface area contributed by atoms with Crippen LogP contribution in [0.15, 0.2) is 0 Å². The summed E-state index contributed by atoms with van der Waals surface area (Å²) in [5, 5.41) is 6.97. The molecule has 3 N–H and O–H groups in total. The quantitative estimate of drug-likeness (QED) is 0.839. The Hall–Kier alpha value is -1.52. The number of carbonyl (C=O) groups excluding carboxylic acids is 1. The minimum atomic E-state index is -0.0509. The van der Waals surface area contributed by atoms with E-state index in [9.17, 15) is 4.79 Å². The van der Waals surface area contributed by atoms with Crippen molar-refractivity contribution in [2.75, 3.05) is 18.8 Å². The molecule has 5 nitrogen and oxygen atoms in total. The SMILES string of the molecule is CCN(CC1CC1)C(=O)c1n[nH]c(C(C)C)c1N. The number of aromatic amines is 1. The third-order valence-corrected chi connectivity index (χ3v) is 3.46. The Balaban J connectivity index is 2.15. The molecule has 1 heterocycles. The van der Waals surface area contributed by atoms with E-state index in [4.69, 9.17) is 5.73 Å². The maximum absolute atomic E-state index is 12.4. The van der Waals surface area contributed by atoms with Gasteiger partial charge in [-0.15, -0.1) is 0 Å². The van der Waals surface area contributed by atoms with Crippen LogP contribution < -0.4 is 5.73 Å². The molecular formula is C13H22N4O. The Labute approximate surface area is 108 Å². The average molecular weight is 250 g/mol. The number of hydrogen-bond donors (Lipinski definition) is 2. The number of nitrogens with zero attached hydrogens (tertiary/aromatic N) is 2. The molecule has 2 rings (SSSR count). The monoisotopic (exact) mass is 250 g/mol. The predicted molar refractivity (Wildman–Crippen MR) is 71.4 cm³/mol. The van der Waals surface area contributed by atoms with Gasteiger partial charge in [0.05, 0.1) is 11.4 Å². The maximum atomic E-state index is 12.4. The van der Waals surface area contributed by atoms with Gasteiger partial charge in [-0.05, 0) is 31.6 Å². The highest BCUT2D eigenvalue weighted by Crippen LogP contribution is 2.30. The van der Waals surface area contributed by atoms with Gasteiger partial charge in [-0.1, -0.05) is 13.8 Å². The lowest BCUT2D eigenvalue weighted by Crippen LogP contribution is -2.33. The van der Waals surface area contributed by atoms with E-state index >= 15 is 0 Å². The van der Waals surface area contributed by atoms with Crippen molar-refractivity contribution < 1.29 is 4.79 Å². The fourth-order valence-electron chi connectivity index (χ4n) is 2.08. The molecule has 0 aromatic carbocycles. The van der Waals surface area contributed by atoms with Crippen LogP contribution in [0.3, 0.4) is 0 Å². The summed E-state index contributed by atoms with van der Waals surface area (Å²) < 4.78 is 0. The summed E-state index contributed by atoms with van der Waals surface area (Å²) in [5.74, 6) is 0.876. The van der Waals surface area contributed by atoms with Crippen LogP contribution in [0.1, 0.15) is 55.7 Å². The van der Waals surface area contributed by atoms with Gasteiger partial charge in [-0.2, -0.15) is 5.10 Å². The minimum Gasteiger partial charge on any atom is -0.395 e. The van der Waals surface area contributed by atoms with Crippen molar-refractivity contribution in [3.8, 4) is 0 Å². The van der Waals surface area contributed by atoms with Crippen molar-refractivity contribution in [1.29, 1.82) is 0 Å². The van der Waals surface area contributed by atoms with Crippen LogP contribution >= 0.6 is 0 Å². The van der Waals surface area contributed by atoms with E-state index in [2.05, 4.69) is 10.2 Å². The Bertz CT molecular complexity index is 434. The van der Waals surface area contributed by atoms with Gasteiger partial charge in [0.2, 0.25) is 0 Å². The molecule has 0 bridgehead atoms. The van der Waals surface area contributed by atoms with Crippen LogP contribution in [0.25, 0.3) is 0 Å². The molecule has 18 heavy (non-hydrogen) atoms. The number of nitrogens with one attached hydrogen (secondary N) is 1. The first-order valence-corrected chi connectivity index (χ1v) is 6.67. The molecule has 0 atom stereocenters. The zero-order valence-corrected chi connectivity index (χ0v) is 11.4. The predicted octanol–water partition coefficient (Wildman–Crippen LogP) is 1.99. The maximum Gasteiger partial charge on any atom is 0.276 e. The summed E-state index contributed by atoms with van der Waals surface area (Å²) in [5.41, 5.74) is 7.73. The Morgan fingerprint density at radius 3 is 2.67 bits per heavy atom. The van der Waals surface area contributed by atoms with Crippen LogP contribution in [0, 0.1) is 5.92 Å². The first-order chi connectivity index (χ1) is 8.54. The van der Waals surface area contributed by atoms with E-state index in [0.717, 1.165) is 12.2 Å². The first-order valence-electron chi connectivity index (χ1n) is 6.67. The third kappa shape index (κ3) is 2.49. The molecule has 1 aliphatic rings. The standard InChI is InChI=1S/C13H22N4O/c1-4-17(7-9-5-6-9)13(18)12-10(14)11(8(2)3)15-16-12/h8-9H,4-7,14H2,1-3H3,(H,15,16). The van der Waals surface area contributed by atoms with Crippen LogP contribution in [0.5, 0.6) is 0 Å². The summed E-state index contributed by atoms with van der Waals surface area (Å²) >= 11 is 0. The van der Waals surface area contributed by atoms with Crippen LogP contribution in [-0.4, -0.2) is 34.1 Å². The molecule has 1 aromatic rings. The van der Waals surface area contributed by atoms with Gasteiger partial charge >= 0.3 is 0 Å². The van der Waals surface area contributed by atoms with Crippen LogP contribution in [0.4, 0.5) is 5.69 Å². The van der Waals surface area contributed by atoms with Gasteiger partial charge in [0, 0.05) is 13.1 Å². The van der Waals surface area contributed by atoms with E-state index in [-0.39, 0.29) is 11.8 Å². The normalized spacial score (nSPS) is 15.1. The summed E-state index contributed by atoms with van der Waals surface area (Å²) in [6, 6.07) is 0. The van der Waals surface area contributed by atoms with Crippen molar-refractivity contribution >= 4 is 11.6 Å². The van der Waals surface area contributed by atoms with Crippen molar-refractivity contribution in [2.45, 2.75) is 39.5 Å². The minimum absolute atomic E-state index is 0.0509. The van der Waals surface area contributed by atoms with Gasteiger partial charge in [-0.25, -0.2) is 0 Å². The van der Waals surface area contributed by atoms with Crippen molar-refractivity contribution in [2.24, 2.45) is 5.92 Å². The highest BCUT2D eigenvalue weighted by Gasteiger charge is 2.29. The van der Waals surface area contributed by atoms with Gasteiger partial charge in [0.15, 0.2) is 5.69 Å². The van der Waals surface area contributed by atoms with E-state index in [0.29, 0.717) is 23.8 Å². The molecule has 1 aromatic heterocycles. The molecule has 1 fully saturated rings. The topological polar surface area (TPSA) is 75.0 Å². The lowest BCUT2D eigenvalue weighted by Gasteiger charge is -2.19. The molecular weight excluding hydrogens is 228 g/mol. The van der Waals surface area contributed by atoms with E-state index < -0.39 is 0 Å². The summed E-state index contributed by atoms with van der Waals surface area (Å²) in [7, 11) is 0. The molecule has 1 aliphatic carbocycles. The summed E-state index contributed by atoms with van der Waals surface area (Å²) in [4.78, 5) is 14.2. The van der Waals surface area contributed by atoms with E-state index in [1.807, 2.05) is 25.7 Å². The van der Waals surface area contributed by atoms with Gasteiger partial charge < -0.3 is 10.6 Å². The molecule has 0 spiro atoms. The molecule has 0 saturated heterocycles. The molecule has 0 unspecified atom stereocenters. The van der Waals surface area contributed by atoms with Crippen LogP contribution in [-0.2, 0) is 0 Å². The number of H-pyrrole nitrogens is 1. The van der Waals surface area contributed by atoms with Crippen LogP contribution in [0.2, 0.25) is 0 Å². The molecule has 0 radical (unpaired) electrons. The smallest absolute Gasteiger partial charge is 0.276 e. The summed E-state index contributed by atoms with van der Waals surface area (Å²) in [6.07, 6.45) is 2.47. The Kier molecular flexibility index (Phi) is 3.59. The first kappa shape index (κ1) is 12.9. The third-order valence-electron chi connectivity index (χ3n) is 3.46. The number of amides is 1. The molecule has 0 aliphatic heterocycles. The summed E-state index contributed by atoms with van der Waals surface area (Å²) in [6.45, 7) is 7.59. The second-order valence-corrected chi connectivity index (χ2v) is 5.34. The average Bonchev–Trinajstić information content (AvgIpc) is 3.06. The lowest BCUT2D eigenvalue weighted by molar-refractivity contribution is 0.0752. The zero-order chi connectivity index (χ0) is 13.3. The van der Waals surface area contributed by atoms with E-state index in [1.165, 1.54) is 12.8 Å². The fraction of sp³-hybridized carbons (Fsp3) is 0.692. The van der Waals surface area contributed by atoms with Gasteiger partial charge in [0.1, 0.15) is 0 Å². The number of carbonyl (C=O) groups is 1. The Morgan fingerprint density at radius 1 is 1.56 bits per heavy atom. The van der Waals surface area contributed by atoms with E-state index in [1.54, 1.807) is 0 Å². The molecule has 5 heteroatoms. The number of anilines is 1. The Morgan fingerprint density at radius 2 is 2.22 bits per heavy atom. The van der Waals surface area contributed by atoms with Crippen molar-refractivity contribution in [3.05, 3.63) is 11.4 Å². The van der Waals surface area contributed by atoms with Crippen molar-refractivity contribution in [3.63, 3.8) is 0 Å². The number of hydrogen-bond acceptors (Lipinski definition) is 3. The molecule has 1 amide bonds. The fourth-order valence-corrected chi connectivity index (χ4v) is 2.08. The lowest BCUT2D eigenvalue weighted by atomic mass is 10.1. The zero-order valence-electron chi connectivity index (χ0n) is 11.4. The van der Waals surface area contributed by atoms with Gasteiger partial charge in [0.25, 0.3) is 5.91 Å². The second kappa shape index (κ2) is 5.00.